The molecule has 1 amide bonds. The molecular formula is C25H47NO5. The Morgan fingerprint density at radius 1 is 1.03 bits per heavy atom. The van der Waals surface area contributed by atoms with Crippen molar-refractivity contribution in [2.24, 2.45) is 5.92 Å². The first-order valence-corrected chi connectivity index (χ1v) is 12.6. The van der Waals surface area contributed by atoms with E-state index in [1.807, 2.05) is 4.90 Å². The van der Waals surface area contributed by atoms with E-state index in [1.54, 1.807) is 6.92 Å². The third-order valence-corrected chi connectivity index (χ3v) is 6.13. The van der Waals surface area contributed by atoms with Crippen LogP contribution in [-0.4, -0.2) is 56.0 Å². The van der Waals surface area contributed by atoms with Crippen LogP contribution in [0, 0.1) is 5.92 Å². The van der Waals surface area contributed by atoms with Crippen molar-refractivity contribution >= 4 is 11.9 Å². The molecule has 3 unspecified atom stereocenters. The Balaban J connectivity index is 2.33. The molecule has 1 aliphatic rings. The summed E-state index contributed by atoms with van der Waals surface area (Å²) < 4.78 is 16.8. The van der Waals surface area contributed by atoms with Gasteiger partial charge >= 0.3 is 5.97 Å². The van der Waals surface area contributed by atoms with E-state index in [0.29, 0.717) is 12.3 Å². The minimum absolute atomic E-state index is 0.0451. The summed E-state index contributed by atoms with van der Waals surface area (Å²) in [6.07, 6.45) is 13.6. The van der Waals surface area contributed by atoms with Crippen LogP contribution in [0.3, 0.4) is 0 Å². The van der Waals surface area contributed by atoms with Gasteiger partial charge in [-0.1, -0.05) is 46.0 Å². The molecule has 0 radical (unpaired) electrons. The highest BCUT2D eigenvalue weighted by molar-refractivity contribution is 5.73. The number of ether oxygens (including phenoxy) is 3. The lowest BCUT2D eigenvalue weighted by atomic mass is 10.0. The van der Waals surface area contributed by atoms with E-state index in [0.717, 1.165) is 71.1 Å². The number of rotatable bonds is 17. The summed E-state index contributed by atoms with van der Waals surface area (Å²) in [6.45, 7) is 8.34. The first-order valence-electron chi connectivity index (χ1n) is 12.6. The van der Waals surface area contributed by atoms with Crippen molar-refractivity contribution in [3.05, 3.63) is 0 Å². The van der Waals surface area contributed by atoms with Crippen LogP contribution in [0.5, 0.6) is 0 Å². The lowest BCUT2D eigenvalue weighted by molar-refractivity contribution is -0.191. The topological polar surface area (TPSA) is 65.1 Å². The Labute approximate surface area is 190 Å². The van der Waals surface area contributed by atoms with Crippen LogP contribution in [0.4, 0.5) is 0 Å². The fourth-order valence-electron chi connectivity index (χ4n) is 4.14. The molecule has 0 aromatic rings. The molecule has 6 nitrogen and oxygen atoms in total. The molecule has 1 rings (SSSR count). The van der Waals surface area contributed by atoms with Crippen molar-refractivity contribution in [3.63, 3.8) is 0 Å². The number of nitrogens with zero attached hydrogens (tertiary/aromatic N) is 1. The number of hydrogen-bond donors (Lipinski definition) is 0. The van der Waals surface area contributed by atoms with Crippen LogP contribution in [-0.2, 0) is 23.8 Å². The molecule has 6 heteroatoms. The summed E-state index contributed by atoms with van der Waals surface area (Å²) in [5.41, 5.74) is 0. The molecule has 0 bridgehead atoms. The van der Waals surface area contributed by atoms with Crippen molar-refractivity contribution in [3.8, 4) is 0 Å². The largest absolute Gasteiger partial charge is 0.469 e. The maximum Gasteiger partial charge on any atom is 0.305 e. The Kier molecular flexibility index (Phi) is 15.7. The van der Waals surface area contributed by atoms with Gasteiger partial charge in [0.2, 0.25) is 5.91 Å². The number of hydrogen-bond acceptors (Lipinski definition) is 5. The molecule has 1 saturated heterocycles. The zero-order valence-corrected chi connectivity index (χ0v) is 20.5. The average Bonchev–Trinajstić information content (AvgIpc) is 2.75. The van der Waals surface area contributed by atoms with Gasteiger partial charge in [0.15, 0.2) is 6.29 Å². The quantitative estimate of drug-likeness (QED) is 0.221. The number of esters is 1. The van der Waals surface area contributed by atoms with Crippen molar-refractivity contribution in [2.45, 2.75) is 117 Å². The van der Waals surface area contributed by atoms with Crippen LogP contribution in [0.25, 0.3) is 0 Å². The summed E-state index contributed by atoms with van der Waals surface area (Å²) in [7, 11) is 1.43. The average molecular weight is 442 g/mol. The molecule has 1 fully saturated rings. The van der Waals surface area contributed by atoms with Gasteiger partial charge in [-0.2, -0.15) is 0 Å². The van der Waals surface area contributed by atoms with Gasteiger partial charge in [-0.05, 0) is 50.9 Å². The highest BCUT2D eigenvalue weighted by Crippen LogP contribution is 2.21. The standard InChI is InChI=1S/C25H47NO5/c1-5-6-7-14-23(31-25-16-9-11-19-30-25)15-12-18-26(22(3)27)17-10-8-13-21(2)20-24(28)29-4/h21,23,25H,5-20H2,1-4H3. The minimum atomic E-state index is -0.146. The van der Waals surface area contributed by atoms with Gasteiger partial charge in [0.1, 0.15) is 0 Å². The van der Waals surface area contributed by atoms with Crippen LogP contribution in [0.15, 0.2) is 0 Å². The molecule has 3 atom stereocenters. The predicted octanol–water partition coefficient (Wildman–Crippen LogP) is 5.48. The lowest BCUT2D eigenvalue weighted by Gasteiger charge is -2.29. The second-order valence-electron chi connectivity index (χ2n) is 9.08. The number of carbonyl (C=O) groups is 2. The normalized spacial score (nSPS) is 18.4. The monoisotopic (exact) mass is 441 g/mol. The highest BCUT2D eigenvalue weighted by atomic mass is 16.7. The third-order valence-electron chi connectivity index (χ3n) is 6.13. The van der Waals surface area contributed by atoms with E-state index >= 15 is 0 Å². The Morgan fingerprint density at radius 2 is 1.74 bits per heavy atom. The van der Waals surface area contributed by atoms with Gasteiger partial charge in [0.25, 0.3) is 0 Å². The molecule has 0 aliphatic carbocycles. The molecular weight excluding hydrogens is 394 g/mol. The first kappa shape index (κ1) is 27.9. The smallest absolute Gasteiger partial charge is 0.305 e. The van der Waals surface area contributed by atoms with Crippen molar-refractivity contribution in [1.82, 2.24) is 4.90 Å². The molecule has 1 heterocycles. The van der Waals surface area contributed by atoms with Crippen molar-refractivity contribution in [2.75, 3.05) is 26.8 Å². The van der Waals surface area contributed by atoms with E-state index in [4.69, 9.17) is 14.2 Å². The number of methoxy groups -OCH3 is 1. The summed E-state index contributed by atoms with van der Waals surface area (Å²) in [5.74, 6) is 0.315. The number of amides is 1. The first-order chi connectivity index (χ1) is 15.0. The summed E-state index contributed by atoms with van der Waals surface area (Å²) in [6, 6.07) is 0. The van der Waals surface area contributed by atoms with Crippen LogP contribution < -0.4 is 0 Å². The number of unbranched alkanes of at least 4 members (excludes halogenated alkanes) is 3. The molecule has 0 aromatic carbocycles. The third kappa shape index (κ3) is 13.8. The molecule has 0 N–H and O–H groups in total. The SMILES string of the molecule is CCCCCC(CCCN(CCCCC(C)CC(=O)OC)C(C)=O)OC1CCCCO1. The highest BCUT2D eigenvalue weighted by Gasteiger charge is 2.20. The van der Waals surface area contributed by atoms with Crippen molar-refractivity contribution in [1.29, 1.82) is 0 Å². The summed E-state index contributed by atoms with van der Waals surface area (Å²) in [4.78, 5) is 25.4. The Hall–Kier alpha value is -1.14. The number of carbonyl (C=O) groups excluding carboxylic acids is 2. The summed E-state index contributed by atoms with van der Waals surface area (Å²) in [5, 5.41) is 0. The van der Waals surface area contributed by atoms with Gasteiger partial charge in [0, 0.05) is 33.0 Å². The zero-order chi connectivity index (χ0) is 22.9. The van der Waals surface area contributed by atoms with E-state index < -0.39 is 0 Å². The molecule has 0 spiro atoms. The summed E-state index contributed by atoms with van der Waals surface area (Å²) >= 11 is 0. The Morgan fingerprint density at radius 3 is 2.39 bits per heavy atom. The Bertz CT molecular complexity index is 479. The zero-order valence-electron chi connectivity index (χ0n) is 20.5. The second-order valence-corrected chi connectivity index (χ2v) is 9.08. The molecule has 0 aromatic heterocycles. The molecule has 31 heavy (non-hydrogen) atoms. The molecule has 1 aliphatic heterocycles. The van der Waals surface area contributed by atoms with E-state index in [-0.39, 0.29) is 24.3 Å². The predicted molar refractivity (Wildman–Crippen MR) is 124 cm³/mol. The van der Waals surface area contributed by atoms with Gasteiger partial charge in [0.05, 0.1) is 13.2 Å². The minimum Gasteiger partial charge on any atom is -0.469 e. The van der Waals surface area contributed by atoms with E-state index in [9.17, 15) is 9.59 Å². The van der Waals surface area contributed by atoms with Crippen LogP contribution in [0.2, 0.25) is 0 Å². The van der Waals surface area contributed by atoms with E-state index in [2.05, 4.69) is 13.8 Å². The maximum absolute atomic E-state index is 12.1. The van der Waals surface area contributed by atoms with Gasteiger partial charge in [-0.15, -0.1) is 0 Å². The van der Waals surface area contributed by atoms with E-state index in [1.165, 1.54) is 32.8 Å². The fourth-order valence-corrected chi connectivity index (χ4v) is 4.14. The lowest BCUT2D eigenvalue weighted by Crippen LogP contribution is -2.32. The van der Waals surface area contributed by atoms with Gasteiger partial charge in [-0.3, -0.25) is 9.59 Å². The van der Waals surface area contributed by atoms with Gasteiger partial charge < -0.3 is 19.1 Å². The fraction of sp³-hybridized carbons (Fsp3) is 0.920. The van der Waals surface area contributed by atoms with Crippen LogP contribution >= 0.6 is 0 Å². The maximum atomic E-state index is 12.1. The van der Waals surface area contributed by atoms with Gasteiger partial charge in [-0.25, -0.2) is 0 Å². The molecule has 182 valence electrons. The van der Waals surface area contributed by atoms with Crippen molar-refractivity contribution < 1.29 is 23.8 Å². The molecule has 0 saturated carbocycles. The van der Waals surface area contributed by atoms with Crippen LogP contribution in [0.1, 0.15) is 104 Å². The second kappa shape index (κ2) is 17.4.